The quantitative estimate of drug-likeness (QED) is 0.618. The highest BCUT2D eigenvalue weighted by molar-refractivity contribution is 5.48. The highest BCUT2D eigenvalue weighted by Gasteiger charge is 2.11. The van der Waals surface area contributed by atoms with Crippen molar-refractivity contribution < 1.29 is 0 Å². The minimum Gasteiger partial charge on any atom is -0.282 e. The third kappa shape index (κ3) is 1.21. The van der Waals surface area contributed by atoms with E-state index in [0.29, 0.717) is 0 Å². The van der Waals surface area contributed by atoms with Crippen molar-refractivity contribution in [2.45, 2.75) is 0 Å². The predicted molar refractivity (Wildman–Crippen MR) is 50.7 cm³/mol. The van der Waals surface area contributed by atoms with Crippen LogP contribution < -0.4 is 5.01 Å². The molecule has 1 aromatic rings. The van der Waals surface area contributed by atoms with E-state index in [1.54, 1.807) is 0 Å². The summed E-state index contributed by atoms with van der Waals surface area (Å²) in [5.74, 6) is 0. The highest BCUT2D eigenvalue weighted by Crippen LogP contribution is 2.18. The molecule has 2 nitrogen and oxygen atoms in total. The Morgan fingerprint density at radius 3 is 2.50 bits per heavy atom. The fourth-order valence-corrected chi connectivity index (χ4v) is 1.37. The number of hydrogen-bond donors (Lipinski definition) is 0. The third-order valence-corrected chi connectivity index (χ3v) is 2.00. The van der Waals surface area contributed by atoms with E-state index < -0.39 is 0 Å². The summed E-state index contributed by atoms with van der Waals surface area (Å²) in [6.07, 6.45) is 4.24. The number of nitrogens with zero attached hydrogens (tertiary/aromatic N) is 2. The summed E-state index contributed by atoms with van der Waals surface area (Å²) < 4.78 is 0. The van der Waals surface area contributed by atoms with Crippen LogP contribution in [0.15, 0.2) is 42.6 Å². The topological polar surface area (TPSA) is 6.48 Å². The van der Waals surface area contributed by atoms with E-state index in [9.17, 15) is 0 Å². The summed E-state index contributed by atoms with van der Waals surface area (Å²) >= 11 is 0. The molecular weight excluding hydrogens is 148 g/mol. The first-order valence-electron chi connectivity index (χ1n) is 4.10. The minimum absolute atomic E-state index is 0.995. The Morgan fingerprint density at radius 2 is 1.92 bits per heavy atom. The number of benzene rings is 1. The van der Waals surface area contributed by atoms with Crippen LogP contribution in [0, 0.1) is 0 Å². The molecule has 1 aliphatic heterocycles. The molecule has 0 N–H and O–H groups in total. The normalized spacial score (nSPS) is 17.2. The SMILES string of the molecule is CN1CC=CN1c1ccccc1. The number of hydrazine groups is 1. The van der Waals surface area contributed by atoms with Gasteiger partial charge in [-0.1, -0.05) is 24.3 Å². The lowest BCUT2D eigenvalue weighted by atomic mass is 10.3. The molecule has 1 aliphatic rings. The van der Waals surface area contributed by atoms with Gasteiger partial charge >= 0.3 is 0 Å². The first-order chi connectivity index (χ1) is 5.88. The van der Waals surface area contributed by atoms with E-state index in [1.807, 2.05) is 6.07 Å². The van der Waals surface area contributed by atoms with Crippen molar-refractivity contribution in [3.63, 3.8) is 0 Å². The van der Waals surface area contributed by atoms with E-state index in [4.69, 9.17) is 0 Å². The zero-order valence-corrected chi connectivity index (χ0v) is 7.14. The van der Waals surface area contributed by atoms with E-state index in [1.165, 1.54) is 5.69 Å². The molecular formula is C10H12N2. The van der Waals surface area contributed by atoms with Crippen molar-refractivity contribution >= 4 is 5.69 Å². The molecule has 0 aromatic heterocycles. The fourth-order valence-electron chi connectivity index (χ4n) is 1.37. The van der Waals surface area contributed by atoms with E-state index >= 15 is 0 Å². The molecule has 1 heterocycles. The Hall–Kier alpha value is -1.28. The zero-order chi connectivity index (χ0) is 8.39. The van der Waals surface area contributed by atoms with Gasteiger partial charge < -0.3 is 0 Å². The van der Waals surface area contributed by atoms with Gasteiger partial charge in [0.1, 0.15) is 0 Å². The Bertz CT molecular complexity index is 279. The summed E-state index contributed by atoms with van der Waals surface area (Å²) in [5.41, 5.74) is 1.22. The van der Waals surface area contributed by atoms with Gasteiger partial charge in [-0.3, -0.25) is 5.01 Å². The Morgan fingerprint density at radius 1 is 1.17 bits per heavy atom. The standard InChI is InChI=1S/C10H12N2/c1-11-8-5-9-12(11)10-6-3-2-4-7-10/h2-7,9H,8H2,1H3. The Kier molecular flexibility index (Phi) is 1.84. The average Bonchev–Trinajstić information content (AvgIpc) is 2.53. The molecule has 0 amide bonds. The van der Waals surface area contributed by atoms with Crippen LogP contribution in [0.2, 0.25) is 0 Å². The molecule has 0 radical (unpaired) electrons. The van der Waals surface area contributed by atoms with Crippen LogP contribution in [-0.4, -0.2) is 18.6 Å². The van der Waals surface area contributed by atoms with E-state index in [2.05, 4.69) is 53.6 Å². The second-order valence-corrected chi connectivity index (χ2v) is 2.91. The molecule has 0 unspecified atom stereocenters. The number of likely N-dealkylation sites (N-methyl/N-ethyl adjacent to an activating group) is 1. The summed E-state index contributed by atoms with van der Waals surface area (Å²) in [5, 5.41) is 4.30. The smallest absolute Gasteiger partial charge is 0.0573 e. The summed E-state index contributed by atoms with van der Waals surface area (Å²) in [6.45, 7) is 0.995. The predicted octanol–water partition coefficient (Wildman–Crippen LogP) is 1.87. The van der Waals surface area contributed by atoms with Gasteiger partial charge in [-0.25, -0.2) is 5.01 Å². The molecule has 0 aliphatic carbocycles. The van der Waals surface area contributed by atoms with Crippen LogP contribution in [0.25, 0.3) is 0 Å². The van der Waals surface area contributed by atoms with Gasteiger partial charge in [-0.05, 0) is 12.1 Å². The van der Waals surface area contributed by atoms with Crippen molar-refractivity contribution in [3.8, 4) is 0 Å². The van der Waals surface area contributed by atoms with Crippen LogP contribution in [-0.2, 0) is 0 Å². The van der Waals surface area contributed by atoms with Crippen LogP contribution >= 0.6 is 0 Å². The Balaban J connectivity index is 2.25. The number of para-hydroxylation sites is 1. The molecule has 2 heteroatoms. The van der Waals surface area contributed by atoms with Gasteiger partial charge in [0.25, 0.3) is 0 Å². The molecule has 0 fully saturated rings. The maximum Gasteiger partial charge on any atom is 0.0573 e. The summed E-state index contributed by atoms with van der Waals surface area (Å²) in [7, 11) is 2.08. The highest BCUT2D eigenvalue weighted by atomic mass is 15.6. The monoisotopic (exact) mass is 160 g/mol. The van der Waals surface area contributed by atoms with Crippen LogP contribution in [0.1, 0.15) is 0 Å². The molecule has 0 spiro atoms. The molecule has 1 aromatic carbocycles. The van der Waals surface area contributed by atoms with Gasteiger partial charge in [0.2, 0.25) is 0 Å². The van der Waals surface area contributed by atoms with Crippen molar-refractivity contribution in [1.29, 1.82) is 0 Å². The average molecular weight is 160 g/mol. The van der Waals surface area contributed by atoms with Gasteiger partial charge in [-0.15, -0.1) is 0 Å². The lowest BCUT2D eigenvalue weighted by Crippen LogP contribution is -2.30. The van der Waals surface area contributed by atoms with Gasteiger partial charge in [-0.2, -0.15) is 0 Å². The van der Waals surface area contributed by atoms with Crippen molar-refractivity contribution in [2.75, 3.05) is 18.6 Å². The Labute approximate surface area is 72.7 Å². The first-order valence-corrected chi connectivity index (χ1v) is 4.10. The third-order valence-electron chi connectivity index (χ3n) is 2.00. The maximum atomic E-state index is 2.16. The zero-order valence-electron chi connectivity index (χ0n) is 7.14. The molecule has 0 bridgehead atoms. The van der Waals surface area contributed by atoms with Crippen LogP contribution in [0.4, 0.5) is 5.69 Å². The fraction of sp³-hybridized carbons (Fsp3) is 0.200. The largest absolute Gasteiger partial charge is 0.282 e. The summed E-state index contributed by atoms with van der Waals surface area (Å²) in [6, 6.07) is 10.3. The molecule has 2 rings (SSSR count). The number of anilines is 1. The lowest BCUT2D eigenvalue weighted by Gasteiger charge is -2.24. The lowest BCUT2D eigenvalue weighted by molar-refractivity contribution is 0.397. The molecule has 0 atom stereocenters. The number of hydrogen-bond acceptors (Lipinski definition) is 2. The first kappa shape index (κ1) is 7.37. The second-order valence-electron chi connectivity index (χ2n) is 2.91. The van der Waals surface area contributed by atoms with E-state index in [-0.39, 0.29) is 0 Å². The van der Waals surface area contributed by atoms with Crippen molar-refractivity contribution in [1.82, 2.24) is 5.01 Å². The maximum absolute atomic E-state index is 2.16. The molecule has 0 saturated heterocycles. The van der Waals surface area contributed by atoms with Crippen LogP contribution in [0.3, 0.4) is 0 Å². The summed E-state index contributed by atoms with van der Waals surface area (Å²) in [4.78, 5) is 0. The molecule has 0 saturated carbocycles. The molecule has 12 heavy (non-hydrogen) atoms. The van der Waals surface area contributed by atoms with Gasteiger partial charge in [0, 0.05) is 19.8 Å². The van der Waals surface area contributed by atoms with Gasteiger partial charge in [0.05, 0.1) is 5.69 Å². The second kappa shape index (κ2) is 2.99. The van der Waals surface area contributed by atoms with Crippen molar-refractivity contribution in [3.05, 3.63) is 42.6 Å². The molecule has 62 valence electrons. The van der Waals surface area contributed by atoms with Crippen LogP contribution in [0.5, 0.6) is 0 Å². The van der Waals surface area contributed by atoms with Gasteiger partial charge in [0.15, 0.2) is 0 Å². The minimum atomic E-state index is 0.995. The van der Waals surface area contributed by atoms with E-state index in [0.717, 1.165) is 6.54 Å². The number of rotatable bonds is 1. The van der Waals surface area contributed by atoms with Crippen molar-refractivity contribution in [2.24, 2.45) is 0 Å².